The van der Waals surface area contributed by atoms with E-state index in [0.717, 1.165) is 6.42 Å². The minimum atomic E-state index is -4.47. The highest BCUT2D eigenvalue weighted by Crippen LogP contribution is 2.17. The van der Waals surface area contributed by atoms with Crippen LogP contribution in [-0.4, -0.2) is 37.2 Å². The molecule has 1 aliphatic heterocycles. The summed E-state index contributed by atoms with van der Waals surface area (Å²) in [5.74, 6) is -1.18. The quantitative estimate of drug-likeness (QED) is 0.894. The molecular weight excluding hydrogens is 301 g/mol. The second-order valence-corrected chi connectivity index (χ2v) is 4.87. The fourth-order valence-corrected chi connectivity index (χ4v) is 2.03. The van der Waals surface area contributed by atoms with E-state index in [1.54, 1.807) is 11.4 Å². The second kappa shape index (κ2) is 6.78. The molecule has 0 spiro atoms. The number of halogens is 3. The number of rotatable bonds is 4. The SMILES string of the molecule is O=C(NCC(F)(F)F)c1cccc(NC(=O)[C@@H]2CCCO2)c1. The molecule has 2 rings (SSSR count). The minimum absolute atomic E-state index is 0.0365. The molecule has 1 heterocycles. The van der Waals surface area contributed by atoms with Gasteiger partial charge in [0.1, 0.15) is 12.6 Å². The largest absolute Gasteiger partial charge is 0.405 e. The first-order valence-corrected chi connectivity index (χ1v) is 6.72. The molecule has 1 atom stereocenters. The number of benzene rings is 1. The molecule has 1 saturated heterocycles. The van der Waals surface area contributed by atoms with Crippen LogP contribution in [0.25, 0.3) is 0 Å². The van der Waals surface area contributed by atoms with Gasteiger partial charge in [-0.3, -0.25) is 9.59 Å². The summed E-state index contributed by atoms with van der Waals surface area (Å²) < 4.78 is 41.4. The minimum Gasteiger partial charge on any atom is -0.368 e. The predicted molar refractivity (Wildman–Crippen MR) is 72.4 cm³/mol. The van der Waals surface area contributed by atoms with E-state index in [1.807, 2.05) is 0 Å². The number of amides is 2. The lowest BCUT2D eigenvalue weighted by molar-refractivity contribution is -0.124. The number of hydrogen-bond acceptors (Lipinski definition) is 3. The van der Waals surface area contributed by atoms with Crippen LogP contribution >= 0.6 is 0 Å². The summed E-state index contributed by atoms with van der Waals surface area (Å²) in [5, 5.41) is 4.36. The first-order valence-electron chi connectivity index (χ1n) is 6.72. The van der Waals surface area contributed by atoms with Crippen LogP contribution < -0.4 is 10.6 Å². The van der Waals surface area contributed by atoms with Crippen LogP contribution in [0.15, 0.2) is 24.3 Å². The van der Waals surface area contributed by atoms with Crippen molar-refractivity contribution in [3.8, 4) is 0 Å². The monoisotopic (exact) mass is 316 g/mol. The van der Waals surface area contributed by atoms with Crippen LogP contribution in [-0.2, 0) is 9.53 Å². The highest BCUT2D eigenvalue weighted by Gasteiger charge is 2.28. The molecule has 0 unspecified atom stereocenters. The molecule has 0 saturated carbocycles. The number of carbonyl (C=O) groups is 2. The third-order valence-corrected chi connectivity index (χ3v) is 3.06. The average Bonchev–Trinajstić information content (AvgIpc) is 2.98. The van der Waals surface area contributed by atoms with Crippen LogP contribution in [0, 0.1) is 0 Å². The van der Waals surface area contributed by atoms with E-state index < -0.39 is 24.7 Å². The summed E-state index contributed by atoms with van der Waals surface area (Å²) in [4.78, 5) is 23.5. The molecule has 0 aliphatic carbocycles. The lowest BCUT2D eigenvalue weighted by Crippen LogP contribution is -2.33. The normalized spacial score (nSPS) is 18.0. The molecule has 22 heavy (non-hydrogen) atoms. The van der Waals surface area contributed by atoms with Crippen molar-refractivity contribution in [1.29, 1.82) is 0 Å². The zero-order valence-corrected chi connectivity index (χ0v) is 11.6. The van der Waals surface area contributed by atoms with Gasteiger partial charge in [0, 0.05) is 17.9 Å². The molecule has 0 bridgehead atoms. The van der Waals surface area contributed by atoms with E-state index in [-0.39, 0.29) is 11.5 Å². The maximum Gasteiger partial charge on any atom is 0.405 e. The van der Waals surface area contributed by atoms with E-state index in [2.05, 4.69) is 5.32 Å². The van der Waals surface area contributed by atoms with Gasteiger partial charge >= 0.3 is 6.18 Å². The van der Waals surface area contributed by atoms with E-state index in [9.17, 15) is 22.8 Å². The first-order chi connectivity index (χ1) is 10.3. The van der Waals surface area contributed by atoms with Gasteiger partial charge in [0.2, 0.25) is 0 Å². The van der Waals surface area contributed by atoms with Gasteiger partial charge in [0.05, 0.1) is 0 Å². The smallest absolute Gasteiger partial charge is 0.368 e. The van der Waals surface area contributed by atoms with E-state index in [0.29, 0.717) is 18.7 Å². The Hall–Kier alpha value is -2.09. The van der Waals surface area contributed by atoms with E-state index >= 15 is 0 Å². The van der Waals surface area contributed by atoms with E-state index in [4.69, 9.17) is 4.74 Å². The van der Waals surface area contributed by atoms with Gasteiger partial charge in [-0.25, -0.2) is 0 Å². The van der Waals surface area contributed by atoms with Crippen LogP contribution in [0.4, 0.5) is 18.9 Å². The zero-order chi connectivity index (χ0) is 16.2. The highest BCUT2D eigenvalue weighted by molar-refractivity contribution is 5.98. The standard InChI is InChI=1S/C14H15F3N2O3/c15-14(16,17)8-18-12(20)9-3-1-4-10(7-9)19-13(21)11-5-2-6-22-11/h1,3-4,7,11H,2,5-6,8H2,(H,18,20)(H,19,21)/t11-/m0/s1. The van der Waals surface area contributed by atoms with Crippen molar-refractivity contribution < 1.29 is 27.5 Å². The number of ether oxygens (including phenoxy) is 1. The molecule has 0 aromatic heterocycles. The fourth-order valence-electron chi connectivity index (χ4n) is 2.03. The number of nitrogens with one attached hydrogen (secondary N) is 2. The maximum absolute atomic E-state index is 12.1. The first kappa shape index (κ1) is 16.3. The van der Waals surface area contributed by atoms with Crippen molar-refractivity contribution in [2.45, 2.75) is 25.1 Å². The molecule has 1 aromatic carbocycles. The Bertz CT molecular complexity index is 555. The van der Waals surface area contributed by atoms with Crippen LogP contribution in [0.2, 0.25) is 0 Å². The van der Waals surface area contributed by atoms with Crippen molar-refractivity contribution >= 4 is 17.5 Å². The molecule has 1 aromatic rings. The molecule has 5 nitrogen and oxygen atoms in total. The lowest BCUT2D eigenvalue weighted by Gasteiger charge is -2.12. The Balaban J connectivity index is 1.97. The van der Waals surface area contributed by atoms with Gasteiger partial charge in [-0.1, -0.05) is 6.07 Å². The number of alkyl halides is 3. The van der Waals surface area contributed by atoms with Gasteiger partial charge < -0.3 is 15.4 Å². The zero-order valence-electron chi connectivity index (χ0n) is 11.6. The summed E-state index contributed by atoms with van der Waals surface area (Å²) in [6, 6.07) is 5.72. The van der Waals surface area contributed by atoms with Gasteiger partial charge in [-0.2, -0.15) is 13.2 Å². The lowest BCUT2D eigenvalue weighted by atomic mass is 10.1. The summed E-state index contributed by atoms with van der Waals surface area (Å²) in [7, 11) is 0. The van der Waals surface area contributed by atoms with Crippen molar-refractivity contribution in [2.75, 3.05) is 18.5 Å². The number of hydrogen-bond donors (Lipinski definition) is 2. The molecule has 2 amide bonds. The van der Waals surface area contributed by atoms with Gasteiger partial charge in [0.15, 0.2) is 0 Å². The number of anilines is 1. The van der Waals surface area contributed by atoms with Crippen molar-refractivity contribution in [1.82, 2.24) is 5.32 Å². The van der Waals surface area contributed by atoms with Gasteiger partial charge in [0.25, 0.3) is 11.8 Å². The van der Waals surface area contributed by atoms with Crippen molar-refractivity contribution in [2.24, 2.45) is 0 Å². The summed E-state index contributed by atoms with van der Waals surface area (Å²) in [6.45, 7) is -0.879. The molecule has 0 radical (unpaired) electrons. The van der Waals surface area contributed by atoms with Crippen molar-refractivity contribution in [3.05, 3.63) is 29.8 Å². The van der Waals surface area contributed by atoms with Gasteiger partial charge in [-0.05, 0) is 31.0 Å². The second-order valence-electron chi connectivity index (χ2n) is 4.87. The molecular formula is C14H15F3N2O3. The van der Waals surface area contributed by atoms with Crippen LogP contribution in [0.5, 0.6) is 0 Å². The Kier molecular flexibility index (Phi) is 5.02. The van der Waals surface area contributed by atoms with Gasteiger partial charge in [-0.15, -0.1) is 0 Å². The predicted octanol–water partition coefficient (Wildman–Crippen LogP) is 2.10. The Morgan fingerprint density at radius 1 is 1.32 bits per heavy atom. The Labute approximate surface area is 124 Å². The summed E-state index contributed by atoms with van der Waals surface area (Å²) in [5.41, 5.74) is 0.370. The summed E-state index contributed by atoms with van der Waals surface area (Å²) in [6.07, 6.45) is -3.57. The Morgan fingerprint density at radius 2 is 2.09 bits per heavy atom. The van der Waals surface area contributed by atoms with Crippen molar-refractivity contribution in [3.63, 3.8) is 0 Å². The third-order valence-electron chi connectivity index (χ3n) is 3.06. The maximum atomic E-state index is 12.1. The highest BCUT2D eigenvalue weighted by atomic mass is 19.4. The van der Waals surface area contributed by atoms with Crippen LogP contribution in [0.3, 0.4) is 0 Å². The topological polar surface area (TPSA) is 67.4 Å². The molecule has 1 fully saturated rings. The third kappa shape index (κ3) is 4.73. The molecule has 8 heteroatoms. The van der Waals surface area contributed by atoms with Crippen LogP contribution in [0.1, 0.15) is 23.2 Å². The average molecular weight is 316 g/mol. The van der Waals surface area contributed by atoms with E-state index in [1.165, 1.54) is 18.2 Å². The Morgan fingerprint density at radius 3 is 2.73 bits per heavy atom. The number of carbonyl (C=O) groups excluding carboxylic acids is 2. The molecule has 1 aliphatic rings. The molecule has 120 valence electrons. The fraction of sp³-hybridized carbons (Fsp3) is 0.429. The summed E-state index contributed by atoms with van der Waals surface area (Å²) >= 11 is 0. The molecule has 2 N–H and O–H groups in total.